The van der Waals surface area contributed by atoms with E-state index in [2.05, 4.69) is 11.9 Å². The van der Waals surface area contributed by atoms with Crippen molar-refractivity contribution in [3.05, 3.63) is 0 Å². The fraction of sp³-hybridized carbons (Fsp3) is 1.00. The van der Waals surface area contributed by atoms with Gasteiger partial charge in [-0.1, -0.05) is 0 Å². The molecule has 0 aromatic carbocycles. The molecule has 5 atom stereocenters. The fourth-order valence-corrected chi connectivity index (χ4v) is 9.21. The SMILES string of the molecule is C[I-]C1C(C)C(C)OP(=O)(Cl)C1C. The summed E-state index contributed by atoms with van der Waals surface area (Å²) in [6.07, 6.45) is 0.0455. The molecule has 1 fully saturated rings. The number of rotatable bonds is 1. The van der Waals surface area contributed by atoms with Crippen LogP contribution in [0.3, 0.4) is 0 Å². The first-order valence-corrected chi connectivity index (χ1v) is 10.4. The molecule has 0 aliphatic carbocycles. The van der Waals surface area contributed by atoms with Crippen molar-refractivity contribution in [3.63, 3.8) is 0 Å². The second-order valence-electron chi connectivity index (χ2n) is 3.59. The summed E-state index contributed by atoms with van der Waals surface area (Å²) >= 11 is 5.99. The van der Waals surface area contributed by atoms with E-state index in [0.29, 0.717) is 9.84 Å². The van der Waals surface area contributed by atoms with Crippen molar-refractivity contribution >= 4 is 18.0 Å². The molecule has 13 heavy (non-hydrogen) atoms. The zero-order valence-electron chi connectivity index (χ0n) is 8.33. The first kappa shape index (κ1) is 12.3. The van der Waals surface area contributed by atoms with E-state index in [1.54, 1.807) is 0 Å². The van der Waals surface area contributed by atoms with Crippen molar-refractivity contribution in [2.45, 2.75) is 36.5 Å². The van der Waals surface area contributed by atoms with Gasteiger partial charge in [0, 0.05) is 0 Å². The third-order valence-electron chi connectivity index (χ3n) is 2.75. The van der Waals surface area contributed by atoms with Gasteiger partial charge in [0.15, 0.2) is 0 Å². The Balaban J connectivity index is 2.88. The van der Waals surface area contributed by atoms with Gasteiger partial charge in [-0.15, -0.1) is 0 Å². The quantitative estimate of drug-likeness (QED) is 0.381. The van der Waals surface area contributed by atoms with Gasteiger partial charge in [0.1, 0.15) is 0 Å². The molecule has 0 bridgehead atoms. The van der Waals surface area contributed by atoms with Crippen LogP contribution in [0.25, 0.3) is 0 Å². The Morgan fingerprint density at radius 3 is 2.38 bits per heavy atom. The Hall–Kier alpha value is 1.21. The van der Waals surface area contributed by atoms with E-state index < -0.39 is 6.72 Å². The molecule has 1 saturated heterocycles. The van der Waals surface area contributed by atoms with Crippen molar-refractivity contribution in [1.82, 2.24) is 0 Å². The van der Waals surface area contributed by atoms with E-state index in [1.807, 2.05) is 13.8 Å². The van der Waals surface area contributed by atoms with Crippen LogP contribution < -0.4 is 21.2 Å². The van der Waals surface area contributed by atoms with Gasteiger partial charge in [0.05, 0.1) is 0 Å². The summed E-state index contributed by atoms with van der Waals surface area (Å²) in [5.41, 5.74) is 0.0400. The van der Waals surface area contributed by atoms with Gasteiger partial charge < -0.3 is 0 Å². The summed E-state index contributed by atoms with van der Waals surface area (Å²) < 4.78 is 17.8. The molecule has 1 heterocycles. The Morgan fingerprint density at radius 1 is 1.38 bits per heavy atom. The summed E-state index contributed by atoms with van der Waals surface area (Å²) in [4.78, 5) is 2.23. The maximum atomic E-state index is 11.9. The second-order valence-corrected chi connectivity index (χ2v) is 9.76. The molecule has 0 radical (unpaired) electrons. The van der Waals surface area contributed by atoms with Crippen LogP contribution in [0.4, 0.5) is 0 Å². The van der Waals surface area contributed by atoms with Gasteiger partial charge in [0.25, 0.3) is 0 Å². The van der Waals surface area contributed by atoms with Gasteiger partial charge in [0.2, 0.25) is 0 Å². The molecule has 0 saturated carbocycles. The van der Waals surface area contributed by atoms with Gasteiger partial charge in [-0.3, -0.25) is 0 Å². The van der Waals surface area contributed by atoms with Gasteiger partial charge >= 0.3 is 95.6 Å². The van der Waals surface area contributed by atoms with Crippen LogP contribution in [0.1, 0.15) is 20.8 Å². The zero-order valence-corrected chi connectivity index (χ0v) is 12.1. The molecule has 80 valence electrons. The molecule has 0 N–H and O–H groups in total. The van der Waals surface area contributed by atoms with E-state index in [0.717, 1.165) is 0 Å². The van der Waals surface area contributed by atoms with E-state index in [4.69, 9.17) is 15.8 Å². The summed E-state index contributed by atoms with van der Waals surface area (Å²) in [7, 11) is 0. The van der Waals surface area contributed by atoms with E-state index >= 15 is 0 Å². The Morgan fingerprint density at radius 2 is 1.92 bits per heavy atom. The summed E-state index contributed by atoms with van der Waals surface area (Å²) in [5, 5.41) is 0. The monoisotopic (exact) mass is 337 g/mol. The zero-order chi connectivity index (χ0) is 10.2. The molecule has 1 aliphatic rings. The summed E-state index contributed by atoms with van der Waals surface area (Å²) in [5.74, 6) is 0.494. The molecule has 0 aromatic rings. The first-order chi connectivity index (χ1) is 5.90. The molecular weight excluding hydrogens is 321 g/mol. The number of alkyl halides is 2. The second kappa shape index (κ2) is 4.38. The number of hydrogen-bond acceptors (Lipinski definition) is 2. The van der Waals surface area contributed by atoms with Crippen LogP contribution in [0, 0.1) is 5.92 Å². The van der Waals surface area contributed by atoms with Crippen molar-refractivity contribution in [3.8, 4) is 0 Å². The van der Waals surface area contributed by atoms with Crippen molar-refractivity contribution in [2.24, 2.45) is 5.92 Å². The van der Waals surface area contributed by atoms with Crippen molar-refractivity contribution in [2.75, 3.05) is 4.93 Å². The minimum atomic E-state index is -2.84. The van der Waals surface area contributed by atoms with Crippen LogP contribution >= 0.6 is 18.0 Å². The van der Waals surface area contributed by atoms with Crippen LogP contribution in [0.5, 0.6) is 0 Å². The average Bonchev–Trinajstić information content (AvgIpc) is 2.02. The van der Waals surface area contributed by atoms with Gasteiger partial charge in [-0.25, -0.2) is 0 Å². The Labute approximate surface area is 95.3 Å². The Kier molecular flexibility index (Phi) is 4.14. The molecule has 2 nitrogen and oxygen atoms in total. The van der Waals surface area contributed by atoms with Crippen molar-refractivity contribution < 1.29 is 30.3 Å². The maximum absolute atomic E-state index is 11.9. The topological polar surface area (TPSA) is 26.3 Å². The predicted molar refractivity (Wildman–Crippen MR) is 52.3 cm³/mol. The number of halogens is 2. The molecule has 1 rings (SSSR count). The number of hydrogen-bond donors (Lipinski definition) is 0. The summed E-state index contributed by atoms with van der Waals surface area (Å²) in [6.45, 7) is 3.26. The van der Waals surface area contributed by atoms with Gasteiger partial charge in [-0.2, -0.15) is 0 Å². The van der Waals surface area contributed by atoms with Crippen LogP contribution in [0.2, 0.25) is 0 Å². The third-order valence-corrected chi connectivity index (χ3v) is 10.0. The Bertz CT molecular complexity index is 236. The van der Waals surface area contributed by atoms with Crippen LogP contribution in [-0.2, 0) is 9.09 Å². The molecule has 0 amide bonds. The van der Waals surface area contributed by atoms with Crippen molar-refractivity contribution in [1.29, 1.82) is 0 Å². The molecule has 0 spiro atoms. The average molecular weight is 338 g/mol. The molecule has 0 aromatic heterocycles. The predicted octanol–water partition coefficient (Wildman–Crippen LogP) is -0.0510. The molecular formula is C8H16ClIO2P-. The van der Waals surface area contributed by atoms with Crippen LogP contribution in [-0.4, -0.2) is 20.6 Å². The molecule has 1 aliphatic heterocycles. The summed E-state index contributed by atoms with van der Waals surface area (Å²) in [6, 6.07) is 0. The minimum absolute atomic E-state index is 0.0400. The molecule has 5 unspecified atom stereocenters. The normalized spacial score (nSPS) is 52.4. The fourth-order valence-electron chi connectivity index (χ4n) is 1.67. The standard InChI is InChI=1S/C8H16ClIO2P/c1-5-6(2)12-13(9,11)7(3)8(5)10-4/h5-8H,1-4H3/q-1. The first-order valence-electron chi connectivity index (χ1n) is 4.36. The van der Waals surface area contributed by atoms with E-state index in [9.17, 15) is 4.57 Å². The third kappa shape index (κ3) is 2.42. The molecule has 5 heteroatoms. The van der Waals surface area contributed by atoms with Gasteiger partial charge in [-0.05, 0) is 0 Å². The van der Waals surface area contributed by atoms with Crippen LogP contribution in [0.15, 0.2) is 0 Å². The van der Waals surface area contributed by atoms with E-state index in [1.165, 1.54) is 0 Å². The van der Waals surface area contributed by atoms with E-state index in [-0.39, 0.29) is 33.0 Å².